The SMILES string of the molecule is CCCC(Nc1ncc(N)cc1C(N)=O)c1cccs1. The van der Waals surface area contributed by atoms with Crippen LogP contribution in [0.15, 0.2) is 29.8 Å². The van der Waals surface area contributed by atoms with E-state index in [1.54, 1.807) is 17.4 Å². The largest absolute Gasteiger partial charge is 0.397 e. The van der Waals surface area contributed by atoms with E-state index >= 15 is 0 Å². The molecular weight excluding hydrogens is 272 g/mol. The maximum absolute atomic E-state index is 11.5. The Morgan fingerprint density at radius 1 is 1.55 bits per heavy atom. The van der Waals surface area contributed by atoms with Gasteiger partial charge in [-0.15, -0.1) is 11.3 Å². The topological polar surface area (TPSA) is 94.0 Å². The fourth-order valence-corrected chi connectivity index (χ4v) is 2.83. The van der Waals surface area contributed by atoms with E-state index in [0.717, 1.165) is 12.8 Å². The van der Waals surface area contributed by atoms with Crippen molar-refractivity contribution < 1.29 is 4.79 Å². The molecule has 0 radical (unpaired) electrons. The normalized spacial score (nSPS) is 12.1. The molecule has 0 aromatic carbocycles. The van der Waals surface area contributed by atoms with Gasteiger partial charge in [0, 0.05) is 4.88 Å². The van der Waals surface area contributed by atoms with Crippen LogP contribution in [0.25, 0.3) is 0 Å². The number of nitrogen functional groups attached to an aromatic ring is 1. The number of nitrogens with two attached hydrogens (primary N) is 2. The Kier molecular flexibility index (Phi) is 4.57. The summed E-state index contributed by atoms with van der Waals surface area (Å²) in [4.78, 5) is 16.9. The molecular formula is C14H18N4OS. The zero-order valence-electron chi connectivity index (χ0n) is 11.3. The minimum Gasteiger partial charge on any atom is -0.397 e. The van der Waals surface area contributed by atoms with Crippen molar-refractivity contribution in [3.8, 4) is 0 Å². The Bertz CT molecular complexity index is 583. The fraction of sp³-hybridized carbons (Fsp3) is 0.286. The Morgan fingerprint density at radius 3 is 2.95 bits per heavy atom. The van der Waals surface area contributed by atoms with Gasteiger partial charge in [0.25, 0.3) is 5.91 Å². The van der Waals surface area contributed by atoms with Crippen LogP contribution in [0.3, 0.4) is 0 Å². The Balaban J connectivity index is 2.29. The highest BCUT2D eigenvalue weighted by atomic mass is 32.1. The predicted molar refractivity (Wildman–Crippen MR) is 82.8 cm³/mol. The van der Waals surface area contributed by atoms with Crippen molar-refractivity contribution in [3.63, 3.8) is 0 Å². The quantitative estimate of drug-likeness (QED) is 0.762. The van der Waals surface area contributed by atoms with Crippen LogP contribution in [0, 0.1) is 0 Å². The van der Waals surface area contributed by atoms with Crippen LogP contribution in [-0.4, -0.2) is 10.9 Å². The lowest BCUT2D eigenvalue weighted by molar-refractivity contribution is 0.100. The van der Waals surface area contributed by atoms with Gasteiger partial charge < -0.3 is 16.8 Å². The number of thiophene rings is 1. The zero-order chi connectivity index (χ0) is 14.5. The Morgan fingerprint density at radius 2 is 2.35 bits per heavy atom. The second-order valence-electron chi connectivity index (χ2n) is 4.53. The molecule has 0 fully saturated rings. The number of pyridine rings is 1. The molecule has 0 saturated carbocycles. The number of carbonyl (C=O) groups is 1. The van der Waals surface area contributed by atoms with Gasteiger partial charge in [0.05, 0.1) is 23.5 Å². The average molecular weight is 290 g/mol. The van der Waals surface area contributed by atoms with E-state index in [4.69, 9.17) is 11.5 Å². The second-order valence-corrected chi connectivity index (χ2v) is 5.51. The van der Waals surface area contributed by atoms with Crippen molar-refractivity contribution >= 4 is 28.7 Å². The number of rotatable bonds is 6. The summed E-state index contributed by atoms with van der Waals surface area (Å²) in [5.74, 6) is -0.0488. The molecule has 0 saturated heterocycles. The van der Waals surface area contributed by atoms with Crippen molar-refractivity contribution in [3.05, 3.63) is 40.2 Å². The summed E-state index contributed by atoms with van der Waals surface area (Å²) in [7, 11) is 0. The van der Waals surface area contributed by atoms with E-state index in [1.165, 1.54) is 11.1 Å². The van der Waals surface area contributed by atoms with Gasteiger partial charge in [-0.1, -0.05) is 19.4 Å². The van der Waals surface area contributed by atoms with E-state index < -0.39 is 5.91 Å². The molecule has 20 heavy (non-hydrogen) atoms. The zero-order valence-corrected chi connectivity index (χ0v) is 12.1. The van der Waals surface area contributed by atoms with E-state index in [1.807, 2.05) is 11.4 Å². The first-order chi connectivity index (χ1) is 9.61. The highest BCUT2D eigenvalue weighted by Gasteiger charge is 2.16. The molecule has 0 aliphatic heterocycles. The molecule has 106 valence electrons. The average Bonchev–Trinajstić information content (AvgIpc) is 2.93. The van der Waals surface area contributed by atoms with E-state index in [0.29, 0.717) is 17.1 Å². The first kappa shape index (κ1) is 14.3. The second kappa shape index (κ2) is 6.38. The summed E-state index contributed by atoms with van der Waals surface area (Å²) in [6.45, 7) is 2.12. The first-order valence-corrected chi connectivity index (χ1v) is 7.35. The van der Waals surface area contributed by atoms with Crippen LogP contribution < -0.4 is 16.8 Å². The number of carbonyl (C=O) groups excluding carboxylic acids is 1. The highest BCUT2D eigenvalue weighted by Crippen LogP contribution is 2.28. The van der Waals surface area contributed by atoms with E-state index in [-0.39, 0.29) is 6.04 Å². The number of nitrogens with one attached hydrogen (secondary N) is 1. The molecule has 1 atom stereocenters. The van der Waals surface area contributed by atoms with Gasteiger partial charge >= 0.3 is 0 Å². The third-order valence-corrected chi connectivity index (χ3v) is 3.94. The Hall–Kier alpha value is -2.08. The van der Waals surface area contributed by atoms with Crippen LogP contribution in [0.1, 0.15) is 41.0 Å². The Labute approximate surface area is 122 Å². The summed E-state index contributed by atoms with van der Waals surface area (Å²) in [6, 6.07) is 5.75. The van der Waals surface area contributed by atoms with E-state index in [9.17, 15) is 4.79 Å². The third kappa shape index (κ3) is 3.27. The molecule has 0 aliphatic carbocycles. The lowest BCUT2D eigenvalue weighted by Crippen LogP contribution is -2.18. The summed E-state index contributed by atoms with van der Waals surface area (Å²) >= 11 is 1.68. The summed E-state index contributed by atoms with van der Waals surface area (Å²) in [5, 5.41) is 5.34. The summed E-state index contributed by atoms with van der Waals surface area (Å²) in [5.41, 5.74) is 11.8. The fourth-order valence-electron chi connectivity index (χ4n) is 2.01. The number of nitrogens with zero attached hydrogens (tertiary/aromatic N) is 1. The van der Waals surface area contributed by atoms with Gasteiger partial charge in [0.1, 0.15) is 5.82 Å². The molecule has 2 aromatic rings. The third-order valence-electron chi connectivity index (χ3n) is 2.95. The van der Waals surface area contributed by atoms with Crippen molar-refractivity contribution in [2.24, 2.45) is 5.73 Å². The van der Waals surface area contributed by atoms with Crippen molar-refractivity contribution in [1.82, 2.24) is 4.98 Å². The number of amides is 1. The lowest BCUT2D eigenvalue weighted by Gasteiger charge is -2.19. The predicted octanol–water partition coefficient (Wildman–Crippen LogP) is 2.78. The van der Waals surface area contributed by atoms with Gasteiger partial charge in [-0.3, -0.25) is 4.79 Å². The first-order valence-electron chi connectivity index (χ1n) is 6.47. The van der Waals surface area contributed by atoms with Crippen LogP contribution in [0.4, 0.5) is 11.5 Å². The molecule has 6 heteroatoms. The number of aromatic nitrogens is 1. The standard InChI is InChI=1S/C14H18N4OS/c1-2-4-11(12-5-3-6-20-12)18-14-10(13(16)19)7-9(15)8-17-14/h3,5-8,11H,2,4,15H2,1H3,(H2,16,19)(H,17,18). The number of hydrogen-bond donors (Lipinski definition) is 3. The number of anilines is 2. The van der Waals surface area contributed by atoms with Gasteiger partial charge in [-0.25, -0.2) is 4.98 Å². The molecule has 1 amide bonds. The molecule has 2 rings (SSSR count). The minimum atomic E-state index is -0.534. The maximum Gasteiger partial charge on any atom is 0.252 e. The molecule has 0 bridgehead atoms. The molecule has 2 aromatic heterocycles. The minimum absolute atomic E-state index is 0.120. The van der Waals surface area contributed by atoms with Crippen LogP contribution in [-0.2, 0) is 0 Å². The summed E-state index contributed by atoms with van der Waals surface area (Å²) < 4.78 is 0. The number of hydrogen-bond acceptors (Lipinski definition) is 5. The van der Waals surface area contributed by atoms with Crippen molar-refractivity contribution in [2.45, 2.75) is 25.8 Å². The van der Waals surface area contributed by atoms with Crippen LogP contribution >= 0.6 is 11.3 Å². The molecule has 1 unspecified atom stereocenters. The maximum atomic E-state index is 11.5. The van der Waals surface area contributed by atoms with Crippen molar-refractivity contribution in [1.29, 1.82) is 0 Å². The van der Waals surface area contributed by atoms with Crippen molar-refractivity contribution in [2.75, 3.05) is 11.1 Å². The molecule has 0 spiro atoms. The van der Waals surface area contributed by atoms with Gasteiger partial charge in [-0.05, 0) is 23.9 Å². The van der Waals surface area contributed by atoms with Gasteiger partial charge in [-0.2, -0.15) is 0 Å². The monoisotopic (exact) mass is 290 g/mol. The van der Waals surface area contributed by atoms with Crippen LogP contribution in [0.2, 0.25) is 0 Å². The molecule has 2 heterocycles. The van der Waals surface area contributed by atoms with Crippen LogP contribution in [0.5, 0.6) is 0 Å². The van der Waals surface area contributed by atoms with E-state index in [2.05, 4.69) is 23.3 Å². The molecule has 5 N–H and O–H groups in total. The highest BCUT2D eigenvalue weighted by molar-refractivity contribution is 7.10. The summed E-state index contributed by atoms with van der Waals surface area (Å²) in [6.07, 6.45) is 3.49. The molecule has 0 aliphatic rings. The molecule has 5 nitrogen and oxygen atoms in total. The van der Waals surface area contributed by atoms with Gasteiger partial charge in [0.2, 0.25) is 0 Å². The number of primary amides is 1. The lowest BCUT2D eigenvalue weighted by atomic mass is 10.1. The smallest absolute Gasteiger partial charge is 0.252 e. The van der Waals surface area contributed by atoms with Gasteiger partial charge in [0.15, 0.2) is 0 Å².